The second-order valence-corrected chi connectivity index (χ2v) is 10.4. The van der Waals surface area contributed by atoms with Crippen LogP contribution in [0.2, 0.25) is 0 Å². The molecule has 7 heteroatoms. The molecule has 6 nitrogen and oxygen atoms in total. The molecule has 0 saturated carbocycles. The largest absolute Gasteiger partial charge is 0.497 e. The highest BCUT2D eigenvalue weighted by Gasteiger charge is 2.44. The zero-order valence-corrected chi connectivity index (χ0v) is 18.9. The van der Waals surface area contributed by atoms with Crippen molar-refractivity contribution in [2.24, 2.45) is 0 Å². The number of benzene rings is 2. The summed E-state index contributed by atoms with van der Waals surface area (Å²) in [6, 6.07) is 15.8. The van der Waals surface area contributed by atoms with Crippen LogP contribution in [0.1, 0.15) is 29.7 Å². The zero-order valence-electron chi connectivity index (χ0n) is 18.1. The predicted octanol–water partition coefficient (Wildman–Crippen LogP) is 4.21. The fourth-order valence-electron chi connectivity index (χ4n) is 4.87. The maximum absolute atomic E-state index is 13.4. The van der Waals surface area contributed by atoms with Gasteiger partial charge in [0.1, 0.15) is 5.75 Å². The van der Waals surface area contributed by atoms with Crippen LogP contribution >= 0.6 is 0 Å². The van der Waals surface area contributed by atoms with Crippen LogP contribution in [0.15, 0.2) is 59.6 Å². The number of anilines is 1. The normalized spacial score (nSPS) is 17.6. The van der Waals surface area contributed by atoms with Crippen LogP contribution in [0, 0.1) is 13.8 Å². The van der Waals surface area contributed by atoms with Crippen molar-refractivity contribution in [1.29, 1.82) is 0 Å². The lowest BCUT2D eigenvalue weighted by atomic mass is 9.83. The average molecular weight is 438 g/mol. The number of ether oxygens (including phenoxy) is 1. The number of piperidine rings is 1. The Labute approximate surface area is 183 Å². The van der Waals surface area contributed by atoms with Crippen LogP contribution in [0.4, 0.5) is 5.69 Å². The molecule has 3 heterocycles. The summed E-state index contributed by atoms with van der Waals surface area (Å²) in [5, 5.41) is 3.74. The summed E-state index contributed by atoms with van der Waals surface area (Å²) >= 11 is 0. The van der Waals surface area contributed by atoms with Crippen molar-refractivity contribution in [3.05, 3.63) is 71.5 Å². The minimum Gasteiger partial charge on any atom is -0.497 e. The van der Waals surface area contributed by atoms with Gasteiger partial charge >= 0.3 is 0 Å². The zero-order chi connectivity index (χ0) is 21.8. The molecule has 31 heavy (non-hydrogen) atoms. The average Bonchev–Trinajstić information content (AvgIpc) is 3.27. The first-order valence-corrected chi connectivity index (χ1v) is 12.0. The number of methoxy groups -OCH3 is 1. The van der Waals surface area contributed by atoms with Gasteiger partial charge in [-0.25, -0.2) is 8.42 Å². The van der Waals surface area contributed by atoms with E-state index in [1.807, 2.05) is 38.1 Å². The van der Waals surface area contributed by atoms with Crippen LogP contribution < -0.4 is 10.1 Å². The number of hydrogen-bond donors (Lipinski definition) is 1. The summed E-state index contributed by atoms with van der Waals surface area (Å²) in [6.45, 7) is 4.72. The van der Waals surface area contributed by atoms with Crippen molar-refractivity contribution in [1.82, 2.24) is 8.87 Å². The standard InChI is InChI=1S/C24H27N3O3S/c1-17-6-7-18(2)22(15-17)31(28,29)26-13-10-24(11-14-26)23-5-4-12-27(23)21-9-8-19(30-3)16-20(21)25-24/h4-9,12,15-16,25H,10-11,13-14H2,1-3H3. The molecule has 0 radical (unpaired) electrons. The Morgan fingerprint density at radius 1 is 1.03 bits per heavy atom. The van der Waals surface area contributed by atoms with E-state index < -0.39 is 10.0 Å². The van der Waals surface area contributed by atoms with Gasteiger partial charge in [0.2, 0.25) is 10.0 Å². The summed E-state index contributed by atoms with van der Waals surface area (Å²) in [6.07, 6.45) is 3.46. The first kappa shape index (κ1) is 20.2. The molecule has 1 spiro atoms. The molecule has 2 aliphatic rings. The van der Waals surface area contributed by atoms with E-state index in [9.17, 15) is 8.42 Å². The van der Waals surface area contributed by atoms with E-state index in [4.69, 9.17) is 4.74 Å². The van der Waals surface area contributed by atoms with E-state index in [1.165, 1.54) is 5.69 Å². The smallest absolute Gasteiger partial charge is 0.243 e. The molecule has 1 N–H and O–H groups in total. The lowest BCUT2D eigenvalue weighted by Gasteiger charge is -2.46. The summed E-state index contributed by atoms with van der Waals surface area (Å²) < 4.78 is 36.0. The number of fused-ring (bicyclic) bond motifs is 4. The molecule has 0 aliphatic carbocycles. The molecule has 2 aliphatic heterocycles. The Hall–Kier alpha value is -2.77. The fraction of sp³-hybridized carbons (Fsp3) is 0.333. The minimum absolute atomic E-state index is 0.309. The number of rotatable bonds is 3. The van der Waals surface area contributed by atoms with E-state index in [0.717, 1.165) is 28.3 Å². The lowest BCUT2D eigenvalue weighted by molar-refractivity contribution is 0.247. The van der Waals surface area contributed by atoms with Gasteiger partial charge in [-0.05, 0) is 68.1 Å². The SMILES string of the molecule is COc1ccc2c(c1)NC1(CCN(S(=O)(=O)c3cc(C)ccc3C)CC1)c1cccn1-2. The number of nitrogens with zero attached hydrogens (tertiary/aromatic N) is 2. The molecular weight excluding hydrogens is 410 g/mol. The Morgan fingerprint density at radius 2 is 1.81 bits per heavy atom. The van der Waals surface area contributed by atoms with E-state index in [1.54, 1.807) is 17.5 Å². The third kappa shape index (κ3) is 3.15. The molecule has 2 aromatic carbocycles. The fourth-order valence-corrected chi connectivity index (χ4v) is 6.62. The highest BCUT2D eigenvalue weighted by molar-refractivity contribution is 7.89. The Morgan fingerprint density at radius 3 is 2.55 bits per heavy atom. The van der Waals surface area contributed by atoms with Crippen LogP contribution in [0.5, 0.6) is 5.75 Å². The van der Waals surface area contributed by atoms with Crippen LogP contribution in [0.3, 0.4) is 0 Å². The second kappa shape index (κ2) is 7.14. The monoisotopic (exact) mass is 437 g/mol. The highest BCUT2D eigenvalue weighted by Crippen LogP contribution is 2.45. The summed E-state index contributed by atoms with van der Waals surface area (Å²) in [5.41, 5.74) is 4.70. The van der Waals surface area contributed by atoms with Crippen molar-refractivity contribution in [3.63, 3.8) is 0 Å². The molecule has 0 amide bonds. The summed E-state index contributed by atoms with van der Waals surface area (Å²) in [7, 11) is -1.86. The topological polar surface area (TPSA) is 63.6 Å². The molecule has 1 saturated heterocycles. The van der Waals surface area contributed by atoms with Gasteiger partial charge in [0.25, 0.3) is 0 Å². The van der Waals surface area contributed by atoms with Crippen molar-refractivity contribution >= 4 is 15.7 Å². The first-order valence-electron chi connectivity index (χ1n) is 10.6. The molecular formula is C24H27N3O3S. The van der Waals surface area contributed by atoms with Crippen LogP contribution in [0.25, 0.3) is 5.69 Å². The molecule has 162 valence electrons. The second-order valence-electron chi connectivity index (χ2n) is 8.53. The maximum Gasteiger partial charge on any atom is 0.243 e. The Bertz CT molecular complexity index is 1250. The third-order valence-electron chi connectivity index (χ3n) is 6.61. The van der Waals surface area contributed by atoms with Crippen molar-refractivity contribution in [2.45, 2.75) is 37.1 Å². The van der Waals surface area contributed by atoms with Crippen molar-refractivity contribution < 1.29 is 13.2 Å². The van der Waals surface area contributed by atoms with Crippen molar-refractivity contribution in [3.8, 4) is 11.4 Å². The van der Waals surface area contributed by atoms with Crippen LogP contribution in [-0.4, -0.2) is 37.5 Å². The van der Waals surface area contributed by atoms with Crippen LogP contribution in [-0.2, 0) is 15.6 Å². The summed E-state index contributed by atoms with van der Waals surface area (Å²) in [4.78, 5) is 0.415. The van der Waals surface area contributed by atoms with Gasteiger partial charge in [-0.3, -0.25) is 0 Å². The third-order valence-corrected chi connectivity index (χ3v) is 8.65. The van der Waals surface area contributed by atoms with Gasteiger partial charge in [-0.1, -0.05) is 12.1 Å². The minimum atomic E-state index is -3.53. The number of sulfonamides is 1. The molecule has 5 rings (SSSR count). The molecule has 0 atom stereocenters. The van der Waals surface area contributed by atoms with Gasteiger partial charge in [-0.15, -0.1) is 0 Å². The number of nitrogens with one attached hydrogen (secondary N) is 1. The maximum atomic E-state index is 13.4. The first-order chi connectivity index (χ1) is 14.8. The van der Waals surface area contributed by atoms with Gasteiger partial charge in [0.15, 0.2) is 0 Å². The van der Waals surface area contributed by atoms with E-state index in [0.29, 0.717) is 30.8 Å². The van der Waals surface area contributed by atoms with Gasteiger partial charge in [0.05, 0.1) is 28.9 Å². The van der Waals surface area contributed by atoms with Gasteiger partial charge in [0, 0.05) is 31.0 Å². The van der Waals surface area contributed by atoms with Crippen molar-refractivity contribution in [2.75, 3.05) is 25.5 Å². The van der Waals surface area contributed by atoms with Gasteiger partial charge in [-0.2, -0.15) is 4.31 Å². The number of aromatic nitrogens is 1. The van der Waals surface area contributed by atoms with E-state index in [2.05, 4.69) is 34.3 Å². The quantitative estimate of drug-likeness (QED) is 0.667. The molecule has 0 bridgehead atoms. The number of aryl methyl sites for hydroxylation is 2. The predicted molar refractivity (Wildman–Crippen MR) is 122 cm³/mol. The Kier molecular flexibility index (Phi) is 4.64. The number of hydrogen-bond acceptors (Lipinski definition) is 4. The Balaban J connectivity index is 1.46. The molecule has 1 aromatic heterocycles. The highest BCUT2D eigenvalue weighted by atomic mass is 32.2. The molecule has 1 fully saturated rings. The van der Waals surface area contributed by atoms with E-state index in [-0.39, 0.29) is 5.54 Å². The molecule has 3 aromatic rings. The lowest BCUT2D eigenvalue weighted by Crippen LogP contribution is -2.51. The molecule has 0 unspecified atom stereocenters. The van der Waals surface area contributed by atoms with E-state index >= 15 is 0 Å². The summed E-state index contributed by atoms with van der Waals surface area (Å²) in [5.74, 6) is 0.798. The van der Waals surface area contributed by atoms with Gasteiger partial charge < -0.3 is 14.6 Å².